The fourth-order valence-electron chi connectivity index (χ4n) is 2.49. The maximum absolute atomic E-state index is 4.23. The minimum Gasteiger partial charge on any atom is -0.306 e. The molecule has 0 radical (unpaired) electrons. The second-order valence-electron chi connectivity index (χ2n) is 4.91. The van der Waals surface area contributed by atoms with Crippen LogP contribution < -0.4 is 5.32 Å². The van der Waals surface area contributed by atoms with E-state index in [1.807, 2.05) is 28.8 Å². The molecular formula is C16H14N4S. The molecule has 0 unspecified atom stereocenters. The third kappa shape index (κ3) is 2.30. The summed E-state index contributed by atoms with van der Waals surface area (Å²) in [6, 6.07) is 14.4. The number of hydrogen-bond acceptors (Lipinski definition) is 4. The molecule has 1 aromatic carbocycles. The van der Waals surface area contributed by atoms with Crippen LogP contribution in [0.15, 0.2) is 54.0 Å². The summed E-state index contributed by atoms with van der Waals surface area (Å²) in [5, 5.41) is 15.4. The highest BCUT2D eigenvalue weighted by Gasteiger charge is 2.06. The second-order valence-corrected chi connectivity index (χ2v) is 5.82. The quantitative estimate of drug-likeness (QED) is 0.628. The van der Waals surface area contributed by atoms with Gasteiger partial charge in [-0.2, -0.15) is 0 Å². The zero-order valence-corrected chi connectivity index (χ0v) is 12.2. The Balaban J connectivity index is 1.50. The summed E-state index contributed by atoms with van der Waals surface area (Å²) in [6.45, 7) is 1.54. The van der Waals surface area contributed by atoms with E-state index in [-0.39, 0.29) is 0 Å². The molecule has 0 amide bonds. The van der Waals surface area contributed by atoms with Crippen molar-refractivity contribution in [2.45, 2.75) is 13.1 Å². The lowest BCUT2D eigenvalue weighted by Crippen LogP contribution is -2.14. The van der Waals surface area contributed by atoms with Crippen molar-refractivity contribution < 1.29 is 0 Å². The van der Waals surface area contributed by atoms with Gasteiger partial charge in [-0.25, -0.2) is 0 Å². The third-order valence-electron chi connectivity index (χ3n) is 3.54. The Morgan fingerprint density at radius 1 is 1.00 bits per heavy atom. The number of nitrogens with one attached hydrogen (secondary N) is 1. The molecule has 0 bridgehead atoms. The van der Waals surface area contributed by atoms with Gasteiger partial charge in [0.15, 0.2) is 11.5 Å². The lowest BCUT2D eigenvalue weighted by atomic mass is 10.2. The standard InChI is InChI=1S/C16H14N4S/c1-2-6-14-13(5-1)12(11-21-14)9-17-10-16-19-18-15-7-3-4-8-20(15)16/h1-8,11,17H,9-10H2. The highest BCUT2D eigenvalue weighted by molar-refractivity contribution is 7.17. The van der Waals surface area contributed by atoms with Crippen LogP contribution in [0, 0.1) is 0 Å². The molecule has 1 N–H and O–H groups in total. The SMILES string of the molecule is c1ccc2c(CNCc3nnc4ccccn34)csc2c1. The molecule has 21 heavy (non-hydrogen) atoms. The van der Waals surface area contributed by atoms with Crippen LogP contribution in [-0.2, 0) is 13.1 Å². The van der Waals surface area contributed by atoms with Gasteiger partial charge >= 0.3 is 0 Å². The number of pyridine rings is 1. The maximum atomic E-state index is 4.23. The van der Waals surface area contributed by atoms with Crippen molar-refractivity contribution in [1.82, 2.24) is 19.9 Å². The van der Waals surface area contributed by atoms with E-state index in [0.717, 1.165) is 18.0 Å². The molecule has 0 aliphatic heterocycles. The number of thiophene rings is 1. The monoisotopic (exact) mass is 294 g/mol. The van der Waals surface area contributed by atoms with Crippen molar-refractivity contribution in [2.24, 2.45) is 0 Å². The number of fused-ring (bicyclic) bond motifs is 2. The van der Waals surface area contributed by atoms with E-state index in [4.69, 9.17) is 0 Å². The van der Waals surface area contributed by atoms with Crippen molar-refractivity contribution in [3.8, 4) is 0 Å². The Bertz CT molecular complexity index is 819. The molecule has 0 atom stereocenters. The van der Waals surface area contributed by atoms with Crippen molar-refractivity contribution >= 4 is 27.1 Å². The first-order valence-electron chi connectivity index (χ1n) is 6.86. The van der Waals surface area contributed by atoms with Crippen molar-refractivity contribution in [3.05, 3.63) is 65.4 Å². The van der Waals surface area contributed by atoms with Gasteiger partial charge in [0.2, 0.25) is 0 Å². The molecule has 0 aliphatic carbocycles. The Hall–Kier alpha value is -2.24. The fraction of sp³-hybridized carbons (Fsp3) is 0.125. The van der Waals surface area contributed by atoms with Crippen molar-refractivity contribution in [3.63, 3.8) is 0 Å². The zero-order chi connectivity index (χ0) is 14.1. The van der Waals surface area contributed by atoms with Gasteiger partial charge in [0, 0.05) is 17.4 Å². The van der Waals surface area contributed by atoms with Gasteiger partial charge in [0.25, 0.3) is 0 Å². The Kier molecular flexibility index (Phi) is 3.14. The smallest absolute Gasteiger partial charge is 0.160 e. The molecule has 104 valence electrons. The average molecular weight is 294 g/mol. The van der Waals surface area contributed by atoms with Crippen LogP contribution in [0.25, 0.3) is 15.7 Å². The molecule has 0 fully saturated rings. The van der Waals surface area contributed by atoms with Gasteiger partial charge in [0.1, 0.15) is 0 Å². The van der Waals surface area contributed by atoms with Gasteiger partial charge in [-0.3, -0.25) is 4.40 Å². The number of rotatable bonds is 4. The van der Waals surface area contributed by atoms with E-state index in [1.165, 1.54) is 15.6 Å². The van der Waals surface area contributed by atoms with Crippen LogP contribution in [0.1, 0.15) is 11.4 Å². The predicted molar refractivity (Wildman–Crippen MR) is 85.4 cm³/mol. The maximum Gasteiger partial charge on any atom is 0.160 e. The van der Waals surface area contributed by atoms with Crippen LogP contribution in [0.2, 0.25) is 0 Å². The first-order chi connectivity index (χ1) is 10.4. The molecule has 0 aliphatic rings. The van der Waals surface area contributed by atoms with Crippen LogP contribution >= 0.6 is 11.3 Å². The normalized spacial score (nSPS) is 11.4. The van der Waals surface area contributed by atoms with Gasteiger partial charge in [-0.05, 0) is 34.5 Å². The summed E-state index contributed by atoms with van der Waals surface area (Å²) < 4.78 is 3.35. The van der Waals surface area contributed by atoms with Gasteiger partial charge < -0.3 is 5.32 Å². The van der Waals surface area contributed by atoms with Gasteiger partial charge in [0.05, 0.1) is 6.54 Å². The second kappa shape index (κ2) is 5.27. The number of hydrogen-bond donors (Lipinski definition) is 1. The largest absolute Gasteiger partial charge is 0.306 e. The topological polar surface area (TPSA) is 42.2 Å². The molecule has 0 saturated carbocycles. The number of benzene rings is 1. The van der Waals surface area contributed by atoms with Crippen LogP contribution in [0.5, 0.6) is 0 Å². The zero-order valence-electron chi connectivity index (χ0n) is 11.4. The van der Waals surface area contributed by atoms with E-state index in [2.05, 4.69) is 45.2 Å². The Labute approximate surface area is 126 Å². The molecule has 3 heterocycles. The highest BCUT2D eigenvalue weighted by atomic mass is 32.1. The van der Waals surface area contributed by atoms with E-state index >= 15 is 0 Å². The molecular weight excluding hydrogens is 280 g/mol. The summed E-state index contributed by atoms with van der Waals surface area (Å²) in [5.41, 5.74) is 2.22. The van der Waals surface area contributed by atoms with Crippen LogP contribution in [-0.4, -0.2) is 14.6 Å². The van der Waals surface area contributed by atoms with Crippen molar-refractivity contribution in [2.75, 3.05) is 0 Å². The minimum absolute atomic E-state index is 0.704. The number of aromatic nitrogens is 3. The average Bonchev–Trinajstić information content (AvgIpc) is 3.13. The summed E-state index contributed by atoms with van der Waals surface area (Å²) in [6.07, 6.45) is 1.99. The highest BCUT2D eigenvalue weighted by Crippen LogP contribution is 2.25. The Morgan fingerprint density at radius 2 is 1.90 bits per heavy atom. The van der Waals surface area contributed by atoms with Gasteiger partial charge in [-0.15, -0.1) is 21.5 Å². The fourth-order valence-corrected chi connectivity index (χ4v) is 3.45. The van der Waals surface area contributed by atoms with Crippen LogP contribution in [0.3, 0.4) is 0 Å². The first kappa shape index (κ1) is 12.5. The molecule has 0 saturated heterocycles. The minimum atomic E-state index is 0.704. The molecule has 3 aromatic heterocycles. The molecule has 4 rings (SSSR count). The molecule has 0 spiro atoms. The third-order valence-corrected chi connectivity index (χ3v) is 4.56. The molecule has 4 nitrogen and oxygen atoms in total. The van der Waals surface area contributed by atoms with Crippen LogP contribution in [0.4, 0.5) is 0 Å². The van der Waals surface area contributed by atoms with Gasteiger partial charge in [-0.1, -0.05) is 24.3 Å². The summed E-state index contributed by atoms with van der Waals surface area (Å²) >= 11 is 1.79. The van der Waals surface area contributed by atoms with E-state index < -0.39 is 0 Å². The predicted octanol–water partition coefficient (Wildman–Crippen LogP) is 3.23. The first-order valence-corrected chi connectivity index (χ1v) is 7.74. The lowest BCUT2D eigenvalue weighted by Gasteiger charge is -2.03. The van der Waals surface area contributed by atoms with Crippen molar-refractivity contribution in [1.29, 1.82) is 0 Å². The van der Waals surface area contributed by atoms with E-state index in [9.17, 15) is 0 Å². The lowest BCUT2D eigenvalue weighted by molar-refractivity contribution is 0.660. The Morgan fingerprint density at radius 3 is 2.90 bits per heavy atom. The molecule has 5 heteroatoms. The summed E-state index contributed by atoms with van der Waals surface area (Å²) in [4.78, 5) is 0. The summed E-state index contributed by atoms with van der Waals surface area (Å²) in [5.74, 6) is 0.935. The summed E-state index contributed by atoms with van der Waals surface area (Å²) in [7, 11) is 0. The molecule has 4 aromatic rings. The van der Waals surface area contributed by atoms with E-state index in [0.29, 0.717) is 6.54 Å². The van der Waals surface area contributed by atoms with E-state index in [1.54, 1.807) is 11.3 Å². The number of nitrogens with zero attached hydrogens (tertiary/aromatic N) is 3.